The topological polar surface area (TPSA) is 67.3 Å². The minimum atomic E-state index is -0.440. The number of hydrogen-bond acceptors (Lipinski definition) is 6. The Bertz CT molecular complexity index is 496. The second-order valence-corrected chi connectivity index (χ2v) is 5.87. The van der Waals surface area contributed by atoms with E-state index in [1.165, 1.54) is 32.7 Å². The third-order valence-corrected chi connectivity index (χ3v) is 4.23. The second kappa shape index (κ2) is 6.39. The number of ether oxygens (including phenoxy) is 1. The van der Waals surface area contributed by atoms with E-state index in [4.69, 9.17) is 0 Å². The van der Waals surface area contributed by atoms with Gasteiger partial charge in [0, 0.05) is 19.1 Å². The molecular formula is C15H22N4O2. The van der Waals surface area contributed by atoms with Crippen LogP contribution in [0, 0.1) is 5.92 Å². The Kier molecular flexibility index (Phi) is 4.34. The second-order valence-electron chi connectivity index (χ2n) is 5.87. The van der Waals surface area contributed by atoms with Gasteiger partial charge in [-0.05, 0) is 38.1 Å². The minimum Gasteiger partial charge on any atom is -0.464 e. The van der Waals surface area contributed by atoms with Crippen LogP contribution in [0.2, 0.25) is 0 Å². The van der Waals surface area contributed by atoms with Crippen LogP contribution in [0.15, 0.2) is 12.4 Å². The van der Waals surface area contributed by atoms with E-state index in [0.29, 0.717) is 6.04 Å². The van der Waals surface area contributed by atoms with Crippen LogP contribution in [0.5, 0.6) is 0 Å². The molecule has 6 heteroatoms. The van der Waals surface area contributed by atoms with Gasteiger partial charge in [0.1, 0.15) is 5.82 Å². The summed E-state index contributed by atoms with van der Waals surface area (Å²) in [6.07, 6.45) is 8.15. The van der Waals surface area contributed by atoms with Crippen molar-refractivity contribution >= 4 is 11.8 Å². The molecule has 1 aromatic heterocycles. The number of nitrogens with zero attached hydrogens (tertiary/aromatic N) is 3. The van der Waals surface area contributed by atoms with Crippen molar-refractivity contribution in [3.8, 4) is 0 Å². The Balaban J connectivity index is 1.54. The van der Waals surface area contributed by atoms with E-state index in [1.54, 1.807) is 6.20 Å². The average Bonchev–Trinajstić information content (AvgIpc) is 3.37. The lowest BCUT2D eigenvalue weighted by molar-refractivity contribution is 0.0593. The highest BCUT2D eigenvalue weighted by molar-refractivity contribution is 5.87. The normalized spacial score (nSPS) is 19.6. The van der Waals surface area contributed by atoms with Gasteiger partial charge in [0.25, 0.3) is 0 Å². The van der Waals surface area contributed by atoms with E-state index in [-0.39, 0.29) is 5.69 Å². The van der Waals surface area contributed by atoms with Gasteiger partial charge in [0.05, 0.1) is 19.5 Å². The Labute approximate surface area is 124 Å². The Hall–Kier alpha value is -1.69. The number of methoxy groups -OCH3 is 1. The maximum absolute atomic E-state index is 11.5. The number of piperidine rings is 1. The zero-order valence-corrected chi connectivity index (χ0v) is 12.4. The lowest BCUT2D eigenvalue weighted by Crippen LogP contribution is -2.43. The van der Waals surface area contributed by atoms with Crippen molar-refractivity contribution in [1.29, 1.82) is 0 Å². The Morgan fingerprint density at radius 3 is 2.76 bits per heavy atom. The van der Waals surface area contributed by atoms with E-state index in [1.807, 2.05) is 0 Å². The largest absolute Gasteiger partial charge is 0.464 e. The first-order chi connectivity index (χ1) is 10.3. The van der Waals surface area contributed by atoms with Gasteiger partial charge in [-0.25, -0.2) is 9.78 Å². The molecule has 0 radical (unpaired) electrons. The van der Waals surface area contributed by atoms with Gasteiger partial charge in [0.15, 0.2) is 5.69 Å². The van der Waals surface area contributed by atoms with E-state index < -0.39 is 5.97 Å². The smallest absolute Gasteiger partial charge is 0.358 e. The first-order valence-electron chi connectivity index (χ1n) is 7.65. The van der Waals surface area contributed by atoms with Crippen molar-refractivity contribution in [1.82, 2.24) is 15.3 Å². The molecule has 0 unspecified atom stereocenters. The molecule has 3 rings (SSSR count). The summed E-state index contributed by atoms with van der Waals surface area (Å²) in [7, 11) is 1.35. The highest BCUT2D eigenvalue weighted by Gasteiger charge is 2.25. The summed E-state index contributed by atoms with van der Waals surface area (Å²) < 4.78 is 4.69. The molecule has 1 N–H and O–H groups in total. The molecular weight excluding hydrogens is 268 g/mol. The number of esters is 1. The SMILES string of the molecule is COC(=O)c1cncc(N2CCC(NCC3CC3)CC2)n1. The summed E-state index contributed by atoms with van der Waals surface area (Å²) in [5.74, 6) is 1.24. The predicted octanol–water partition coefficient (Wildman–Crippen LogP) is 1.23. The summed E-state index contributed by atoms with van der Waals surface area (Å²) in [5.41, 5.74) is 0.268. The number of anilines is 1. The Morgan fingerprint density at radius 2 is 2.10 bits per heavy atom. The molecule has 1 saturated heterocycles. The number of aromatic nitrogens is 2. The molecule has 1 aliphatic carbocycles. The fourth-order valence-electron chi connectivity index (χ4n) is 2.68. The van der Waals surface area contributed by atoms with Gasteiger partial charge in [-0.2, -0.15) is 0 Å². The summed E-state index contributed by atoms with van der Waals surface area (Å²) in [5, 5.41) is 3.66. The van der Waals surface area contributed by atoms with Crippen molar-refractivity contribution in [2.75, 3.05) is 31.6 Å². The van der Waals surface area contributed by atoms with Crippen molar-refractivity contribution in [2.24, 2.45) is 5.92 Å². The lowest BCUT2D eigenvalue weighted by Gasteiger charge is -2.33. The van der Waals surface area contributed by atoms with Crippen LogP contribution in [0.3, 0.4) is 0 Å². The quantitative estimate of drug-likeness (QED) is 0.823. The molecule has 2 fully saturated rings. The highest BCUT2D eigenvalue weighted by atomic mass is 16.5. The van der Waals surface area contributed by atoms with Crippen LogP contribution in [0.1, 0.15) is 36.2 Å². The predicted molar refractivity (Wildman–Crippen MR) is 79.3 cm³/mol. The van der Waals surface area contributed by atoms with Crippen LogP contribution in [-0.2, 0) is 4.74 Å². The molecule has 1 aliphatic heterocycles. The molecule has 0 spiro atoms. The van der Waals surface area contributed by atoms with Crippen LogP contribution in [0.4, 0.5) is 5.82 Å². The van der Waals surface area contributed by atoms with Gasteiger partial charge >= 0.3 is 5.97 Å². The molecule has 0 amide bonds. The third-order valence-electron chi connectivity index (χ3n) is 4.23. The van der Waals surface area contributed by atoms with Crippen molar-refractivity contribution in [2.45, 2.75) is 31.7 Å². The van der Waals surface area contributed by atoms with Crippen LogP contribution in [-0.4, -0.2) is 48.7 Å². The summed E-state index contributed by atoms with van der Waals surface area (Å²) in [6.45, 7) is 3.06. The molecule has 0 atom stereocenters. The molecule has 0 aromatic carbocycles. The van der Waals surface area contributed by atoms with Crippen LogP contribution in [0.25, 0.3) is 0 Å². The van der Waals surface area contributed by atoms with E-state index >= 15 is 0 Å². The molecule has 1 saturated carbocycles. The maximum Gasteiger partial charge on any atom is 0.358 e. The molecule has 21 heavy (non-hydrogen) atoms. The average molecular weight is 290 g/mol. The van der Waals surface area contributed by atoms with Gasteiger partial charge in [-0.3, -0.25) is 4.98 Å². The number of carbonyl (C=O) groups excluding carboxylic acids is 1. The van der Waals surface area contributed by atoms with Crippen molar-refractivity contribution < 1.29 is 9.53 Å². The maximum atomic E-state index is 11.5. The van der Waals surface area contributed by atoms with E-state index in [2.05, 4.69) is 24.9 Å². The van der Waals surface area contributed by atoms with Gasteiger partial charge in [-0.15, -0.1) is 0 Å². The van der Waals surface area contributed by atoms with Crippen LogP contribution >= 0.6 is 0 Å². The molecule has 2 heterocycles. The number of hydrogen-bond donors (Lipinski definition) is 1. The highest BCUT2D eigenvalue weighted by Crippen LogP contribution is 2.28. The van der Waals surface area contributed by atoms with E-state index in [0.717, 1.165) is 37.7 Å². The standard InChI is InChI=1S/C15H22N4O2/c1-21-15(20)13-9-16-10-14(18-13)19-6-4-12(5-7-19)17-8-11-2-3-11/h9-12,17H,2-8H2,1H3. The molecule has 0 bridgehead atoms. The fourth-order valence-corrected chi connectivity index (χ4v) is 2.68. The van der Waals surface area contributed by atoms with Gasteiger partial charge in [-0.1, -0.05) is 0 Å². The van der Waals surface area contributed by atoms with Gasteiger partial charge in [0.2, 0.25) is 0 Å². The molecule has 2 aliphatic rings. The number of rotatable bonds is 5. The van der Waals surface area contributed by atoms with Gasteiger partial charge < -0.3 is 15.0 Å². The minimum absolute atomic E-state index is 0.268. The summed E-state index contributed by atoms with van der Waals surface area (Å²) >= 11 is 0. The van der Waals surface area contributed by atoms with Crippen molar-refractivity contribution in [3.63, 3.8) is 0 Å². The first kappa shape index (κ1) is 14.3. The third kappa shape index (κ3) is 3.69. The van der Waals surface area contributed by atoms with E-state index in [9.17, 15) is 4.79 Å². The first-order valence-corrected chi connectivity index (χ1v) is 7.65. The number of nitrogens with one attached hydrogen (secondary N) is 1. The molecule has 114 valence electrons. The summed E-state index contributed by atoms with van der Waals surface area (Å²) in [4.78, 5) is 22.1. The van der Waals surface area contributed by atoms with Crippen LogP contribution < -0.4 is 10.2 Å². The zero-order chi connectivity index (χ0) is 14.7. The zero-order valence-electron chi connectivity index (χ0n) is 12.4. The Morgan fingerprint density at radius 1 is 1.33 bits per heavy atom. The monoisotopic (exact) mass is 290 g/mol. The number of carbonyl (C=O) groups is 1. The fraction of sp³-hybridized carbons (Fsp3) is 0.667. The molecule has 6 nitrogen and oxygen atoms in total. The van der Waals surface area contributed by atoms with Crippen molar-refractivity contribution in [3.05, 3.63) is 18.1 Å². The lowest BCUT2D eigenvalue weighted by atomic mass is 10.0. The summed E-state index contributed by atoms with van der Waals surface area (Å²) in [6, 6.07) is 0.610. The molecule has 1 aromatic rings.